The Labute approximate surface area is 103 Å². The van der Waals surface area contributed by atoms with Gasteiger partial charge in [-0.25, -0.2) is 0 Å². The molecule has 1 unspecified atom stereocenters. The predicted molar refractivity (Wildman–Crippen MR) is 68.3 cm³/mol. The van der Waals surface area contributed by atoms with Crippen LogP contribution in [-0.4, -0.2) is 46.6 Å². The molecule has 1 N–H and O–H groups in total. The Morgan fingerprint density at radius 3 is 3.19 bits per heavy atom. The van der Waals surface area contributed by atoms with Gasteiger partial charge in [0.1, 0.15) is 6.04 Å². The second-order valence-corrected chi connectivity index (χ2v) is 5.98. The van der Waals surface area contributed by atoms with Gasteiger partial charge in [-0.1, -0.05) is 6.07 Å². The lowest BCUT2D eigenvalue weighted by molar-refractivity contribution is -0.142. The lowest BCUT2D eigenvalue weighted by Gasteiger charge is -2.32. The maximum Gasteiger partial charge on any atom is 0.321 e. The molecule has 5 heteroatoms. The standard InChI is InChI=1S/C11H15NO2S2/c13-11(14)10-8-15-7-5-12(10)4-3-9-2-1-6-16-9/h1-2,6,10H,3-5,7-8H2,(H,13,14). The van der Waals surface area contributed by atoms with E-state index in [0.29, 0.717) is 0 Å². The second kappa shape index (κ2) is 5.70. The Morgan fingerprint density at radius 2 is 2.50 bits per heavy atom. The summed E-state index contributed by atoms with van der Waals surface area (Å²) >= 11 is 3.48. The molecule has 0 aromatic carbocycles. The summed E-state index contributed by atoms with van der Waals surface area (Å²) in [6.07, 6.45) is 0.964. The number of rotatable bonds is 4. The van der Waals surface area contributed by atoms with E-state index in [4.69, 9.17) is 5.11 Å². The van der Waals surface area contributed by atoms with Crippen molar-refractivity contribution in [1.82, 2.24) is 4.90 Å². The summed E-state index contributed by atoms with van der Waals surface area (Å²) in [7, 11) is 0. The SMILES string of the molecule is O=C(O)C1CSCCN1CCc1cccs1. The Bertz CT molecular complexity index is 340. The summed E-state index contributed by atoms with van der Waals surface area (Å²) in [5.41, 5.74) is 0. The van der Waals surface area contributed by atoms with Gasteiger partial charge in [-0.15, -0.1) is 11.3 Å². The Balaban J connectivity index is 1.89. The molecule has 0 spiro atoms. The minimum Gasteiger partial charge on any atom is -0.480 e. The number of hydrogen-bond acceptors (Lipinski definition) is 4. The lowest BCUT2D eigenvalue weighted by Crippen LogP contribution is -2.47. The van der Waals surface area contributed by atoms with E-state index < -0.39 is 5.97 Å². The van der Waals surface area contributed by atoms with Crippen LogP contribution in [0.3, 0.4) is 0 Å². The molecule has 1 aliphatic heterocycles. The summed E-state index contributed by atoms with van der Waals surface area (Å²) in [6.45, 7) is 1.76. The Hall–Kier alpha value is -0.520. The van der Waals surface area contributed by atoms with Crippen LogP contribution in [0.1, 0.15) is 4.88 Å². The third-order valence-electron chi connectivity index (χ3n) is 2.75. The fourth-order valence-corrected chi connectivity index (χ4v) is 3.65. The average Bonchev–Trinajstić information content (AvgIpc) is 2.79. The summed E-state index contributed by atoms with van der Waals surface area (Å²) in [6, 6.07) is 3.86. The van der Waals surface area contributed by atoms with E-state index in [1.54, 1.807) is 23.1 Å². The van der Waals surface area contributed by atoms with E-state index >= 15 is 0 Å². The van der Waals surface area contributed by atoms with E-state index in [-0.39, 0.29) is 6.04 Å². The molecular formula is C11H15NO2S2. The third kappa shape index (κ3) is 2.99. The molecule has 2 rings (SSSR count). The van der Waals surface area contributed by atoms with Crippen LogP contribution >= 0.6 is 23.1 Å². The molecule has 0 amide bonds. The van der Waals surface area contributed by atoms with Crippen LogP contribution in [0.15, 0.2) is 17.5 Å². The van der Waals surface area contributed by atoms with Crippen LogP contribution in [0.5, 0.6) is 0 Å². The zero-order chi connectivity index (χ0) is 11.4. The molecule has 1 aromatic heterocycles. The number of hydrogen-bond donors (Lipinski definition) is 1. The van der Waals surface area contributed by atoms with Gasteiger partial charge < -0.3 is 5.11 Å². The van der Waals surface area contributed by atoms with Gasteiger partial charge in [-0.2, -0.15) is 11.8 Å². The van der Waals surface area contributed by atoms with E-state index in [9.17, 15) is 4.79 Å². The number of thioether (sulfide) groups is 1. The molecule has 3 nitrogen and oxygen atoms in total. The molecule has 1 aliphatic rings. The van der Waals surface area contributed by atoms with Crippen molar-refractivity contribution in [3.05, 3.63) is 22.4 Å². The fourth-order valence-electron chi connectivity index (χ4n) is 1.84. The van der Waals surface area contributed by atoms with Gasteiger partial charge in [-0.3, -0.25) is 9.69 Å². The number of carboxylic acids is 1. The summed E-state index contributed by atoms with van der Waals surface area (Å²) in [5, 5.41) is 11.2. The normalized spacial score (nSPS) is 22.1. The van der Waals surface area contributed by atoms with E-state index in [2.05, 4.69) is 16.3 Å². The largest absolute Gasteiger partial charge is 0.480 e. The smallest absolute Gasteiger partial charge is 0.321 e. The van der Waals surface area contributed by atoms with Crippen LogP contribution in [0.2, 0.25) is 0 Å². The topological polar surface area (TPSA) is 40.5 Å². The first-order chi connectivity index (χ1) is 7.77. The van der Waals surface area contributed by atoms with Crippen molar-refractivity contribution in [1.29, 1.82) is 0 Å². The molecule has 88 valence electrons. The quantitative estimate of drug-likeness (QED) is 0.893. The molecule has 1 fully saturated rings. The van der Waals surface area contributed by atoms with E-state index in [1.807, 2.05) is 6.07 Å². The van der Waals surface area contributed by atoms with Crippen LogP contribution in [0.4, 0.5) is 0 Å². The molecule has 0 radical (unpaired) electrons. The molecule has 1 atom stereocenters. The summed E-state index contributed by atoms with van der Waals surface area (Å²) < 4.78 is 0. The van der Waals surface area contributed by atoms with Crippen molar-refractivity contribution in [2.45, 2.75) is 12.5 Å². The maximum absolute atomic E-state index is 11.1. The lowest BCUT2D eigenvalue weighted by atomic mass is 10.2. The second-order valence-electron chi connectivity index (χ2n) is 3.79. The minimum absolute atomic E-state index is 0.293. The molecule has 0 aliphatic carbocycles. The third-order valence-corrected chi connectivity index (χ3v) is 4.71. The van der Waals surface area contributed by atoms with Gasteiger partial charge in [0.25, 0.3) is 0 Å². The Kier molecular flexibility index (Phi) is 4.26. The van der Waals surface area contributed by atoms with Crippen LogP contribution in [-0.2, 0) is 11.2 Å². The highest BCUT2D eigenvalue weighted by Crippen LogP contribution is 2.18. The maximum atomic E-state index is 11.1. The Morgan fingerprint density at radius 1 is 1.62 bits per heavy atom. The number of aliphatic carboxylic acids is 1. The molecule has 1 aromatic rings. The number of carbonyl (C=O) groups is 1. The zero-order valence-electron chi connectivity index (χ0n) is 8.96. The van der Waals surface area contributed by atoms with Gasteiger partial charge in [0, 0.05) is 29.5 Å². The fraction of sp³-hybridized carbons (Fsp3) is 0.545. The average molecular weight is 257 g/mol. The van der Waals surface area contributed by atoms with Crippen molar-refractivity contribution in [3.63, 3.8) is 0 Å². The van der Waals surface area contributed by atoms with Crippen molar-refractivity contribution >= 4 is 29.1 Å². The zero-order valence-corrected chi connectivity index (χ0v) is 10.6. The minimum atomic E-state index is -0.682. The van der Waals surface area contributed by atoms with Gasteiger partial charge in [0.15, 0.2) is 0 Å². The highest BCUT2D eigenvalue weighted by Gasteiger charge is 2.28. The number of nitrogens with zero attached hydrogens (tertiary/aromatic N) is 1. The van der Waals surface area contributed by atoms with Crippen molar-refractivity contribution in [3.8, 4) is 0 Å². The molecular weight excluding hydrogens is 242 g/mol. The van der Waals surface area contributed by atoms with Gasteiger partial charge in [0.2, 0.25) is 0 Å². The van der Waals surface area contributed by atoms with Crippen LogP contribution in [0.25, 0.3) is 0 Å². The first-order valence-electron chi connectivity index (χ1n) is 5.34. The molecule has 1 saturated heterocycles. The van der Waals surface area contributed by atoms with Crippen molar-refractivity contribution < 1.29 is 9.90 Å². The molecule has 0 saturated carbocycles. The number of carboxylic acid groups (broad SMARTS) is 1. The van der Waals surface area contributed by atoms with Crippen LogP contribution in [0, 0.1) is 0 Å². The van der Waals surface area contributed by atoms with Gasteiger partial charge >= 0.3 is 5.97 Å². The highest BCUT2D eigenvalue weighted by molar-refractivity contribution is 7.99. The van der Waals surface area contributed by atoms with E-state index in [1.165, 1.54) is 4.88 Å². The molecule has 16 heavy (non-hydrogen) atoms. The summed E-state index contributed by atoms with van der Waals surface area (Å²) in [5.74, 6) is 1.09. The summed E-state index contributed by atoms with van der Waals surface area (Å²) in [4.78, 5) is 14.5. The first kappa shape index (κ1) is 12.0. The van der Waals surface area contributed by atoms with Gasteiger partial charge in [-0.05, 0) is 17.9 Å². The number of thiophene rings is 1. The van der Waals surface area contributed by atoms with E-state index in [0.717, 1.165) is 31.0 Å². The van der Waals surface area contributed by atoms with Crippen molar-refractivity contribution in [2.24, 2.45) is 0 Å². The predicted octanol–water partition coefficient (Wildman–Crippen LogP) is 1.79. The van der Waals surface area contributed by atoms with Gasteiger partial charge in [0.05, 0.1) is 0 Å². The van der Waals surface area contributed by atoms with Crippen molar-refractivity contribution in [2.75, 3.05) is 24.6 Å². The highest BCUT2D eigenvalue weighted by atomic mass is 32.2. The van der Waals surface area contributed by atoms with Crippen LogP contribution < -0.4 is 0 Å². The monoisotopic (exact) mass is 257 g/mol. The molecule has 2 heterocycles. The molecule has 0 bridgehead atoms. The first-order valence-corrected chi connectivity index (χ1v) is 7.38.